The smallest absolute Gasteiger partial charge is 0.226 e. The van der Waals surface area contributed by atoms with Gasteiger partial charge in [0.25, 0.3) is 0 Å². The lowest BCUT2D eigenvalue weighted by Crippen LogP contribution is -2.59. The van der Waals surface area contributed by atoms with Crippen molar-refractivity contribution in [3.63, 3.8) is 0 Å². The summed E-state index contributed by atoms with van der Waals surface area (Å²) in [7, 11) is 0. The zero-order valence-electron chi connectivity index (χ0n) is 15.1. The van der Waals surface area contributed by atoms with Crippen LogP contribution in [-0.2, 0) is 10.2 Å². The van der Waals surface area contributed by atoms with Gasteiger partial charge in [0.15, 0.2) is 0 Å². The van der Waals surface area contributed by atoms with E-state index in [0.717, 1.165) is 19.3 Å². The Bertz CT molecular complexity index is 640. The average Bonchev–Trinajstić information content (AvgIpc) is 2.58. The van der Waals surface area contributed by atoms with Crippen LogP contribution in [0.1, 0.15) is 49.7 Å². The molecule has 136 valence electrons. The lowest BCUT2D eigenvalue weighted by atomic mass is 9.42. The van der Waals surface area contributed by atoms with E-state index < -0.39 is 6.10 Å². The van der Waals surface area contributed by atoms with Crippen LogP contribution in [0.4, 0.5) is 0 Å². The van der Waals surface area contributed by atoms with E-state index in [-0.39, 0.29) is 29.8 Å². The first kappa shape index (κ1) is 17.0. The van der Waals surface area contributed by atoms with Crippen molar-refractivity contribution in [2.75, 3.05) is 13.1 Å². The van der Waals surface area contributed by atoms with Crippen molar-refractivity contribution >= 4 is 5.91 Å². The molecule has 4 bridgehead atoms. The monoisotopic (exact) mass is 342 g/mol. The summed E-state index contributed by atoms with van der Waals surface area (Å²) in [6.45, 7) is 2.58. The molecule has 4 heteroatoms. The molecule has 3 atom stereocenters. The van der Waals surface area contributed by atoms with Gasteiger partial charge in [0.05, 0.1) is 11.5 Å². The van der Waals surface area contributed by atoms with E-state index in [1.165, 1.54) is 30.4 Å². The van der Waals surface area contributed by atoms with E-state index in [2.05, 4.69) is 36.5 Å². The van der Waals surface area contributed by atoms with Crippen molar-refractivity contribution in [2.24, 2.45) is 23.0 Å². The van der Waals surface area contributed by atoms with Crippen LogP contribution in [0.5, 0.6) is 0 Å². The highest BCUT2D eigenvalue weighted by molar-refractivity contribution is 5.83. The van der Waals surface area contributed by atoms with Crippen LogP contribution < -0.4 is 11.1 Å². The number of nitrogens with two attached hydrogens (primary N) is 1. The van der Waals surface area contributed by atoms with Crippen LogP contribution in [-0.4, -0.2) is 30.2 Å². The fourth-order valence-corrected chi connectivity index (χ4v) is 6.25. The number of amides is 1. The van der Waals surface area contributed by atoms with Gasteiger partial charge in [-0.25, -0.2) is 0 Å². The van der Waals surface area contributed by atoms with Gasteiger partial charge >= 0.3 is 0 Å². The minimum atomic E-state index is -0.649. The Kier molecular flexibility index (Phi) is 4.16. The lowest BCUT2D eigenvalue weighted by molar-refractivity contribution is -0.149. The average molecular weight is 342 g/mol. The molecule has 0 aliphatic heterocycles. The molecular weight excluding hydrogens is 312 g/mol. The molecule has 4 nitrogen and oxygen atoms in total. The van der Waals surface area contributed by atoms with Crippen LogP contribution in [0.2, 0.25) is 0 Å². The second-order valence-corrected chi connectivity index (χ2v) is 8.99. The van der Waals surface area contributed by atoms with E-state index in [1.807, 2.05) is 0 Å². The molecule has 0 saturated heterocycles. The summed E-state index contributed by atoms with van der Waals surface area (Å²) < 4.78 is 0. The first-order valence-corrected chi connectivity index (χ1v) is 9.68. The standard InChI is InChI=1S/C21H30N2O2/c1-14-2-4-17(5-3-14)20-7-15-6-16(8-20)10-21(9-15,13-20)19(25)23-12-18(24)11-22/h2-5,15-16,18,24H,6-13,22H2,1H3,(H,23,25). The summed E-state index contributed by atoms with van der Waals surface area (Å²) in [6.07, 6.45) is 6.09. The Morgan fingerprint density at radius 1 is 1.24 bits per heavy atom. The fraction of sp³-hybridized carbons (Fsp3) is 0.667. The zero-order chi connectivity index (χ0) is 17.7. The summed E-state index contributed by atoms with van der Waals surface area (Å²) in [4.78, 5) is 13.1. The zero-order valence-corrected chi connectivity index (χ0v) is 15.1. The molecule has 0 spiro atoms. The number of carbonyl (C=O) groups is 1. The Hall–Kier alpha value is -1.39. The number of benzene rings is 1. The van der Waals surface area contributed by atoms with E-state index in [1.54, 1.807) is 0 Å². The summed E-state index contributed by atoms with van der Waals surface area (Å²) in [5.74, 6) is 1.46. The van der Waals surface area contributed by atoms with Crippen molar-refractivity contribution in [3.8, 4) is 0 Å². The van der Waals surface area contributed by atoms with E-state index in [9.17, 15) is 9.90 Å². The second-order valence-electron chi connectivity index (χ2n) is 8.99. The molecule has 4 aliphatic carbocycles. The molecule has 0 radical (unpaired) electrons. The van der Waals surface area contributed by atoms with Crippen LogP contribution in [0, 0.1) is 24.2 Å². The number of aryl methyl sites for hydroxylation is 1. The van der Waals surface area contributed by atoms with Crippen LogP contribution in [0.3, 0.4) is 0 Å². The summed E-state index contributed by atoms with van der Waals surface area (Å²) >= 11 is 0. The maximum atomic E-state index is 13.1. The van der Waals surface area contributed by atoms with Crippen LogP contribution in [0.15, 0.2) is 24.3 Å². The van der Waals surface area contributed by atoms with Gasteiger partial charge in [-0.2, -0.15) is 0 Å². The Balaban J connectivity index is 1.60. The highest BCUT2D eigenvalue weighted by Crippen LogP contribution is 2.65. The first-order valence-electron chi connectivity index (χ1n) is 9.68. The van der Waals surface area contributed by atoms with Gasteiger partial charge in [-0.1, -0.05) is 29.8 Å². The molecule has 0 heterocycles. The topological polar surface area (TPSA) is 75.3 Å². The molecule has 4 fully saturated rings. The third-order valence-corrected chi connectivity index (χ3v) is 6.98. The molecule has 5 rings (SSSR count). The van der Waals surface area contributed by atoms with Gasteiger partial charge < -0.3 is 16.2 Å². The minimum Gasteiger partial charge on any atom is -0.390 e. The predicted molar refractivity (Wildman–Crippen MR) is 98.0 cm³/mol. The van der Waals surface area contributed by atoms with Crippen LogP contribution >= 0.6 is 0 Å². The molecule has 4 aliphatic rings. The SMILES string of the molecule is Cc1ccc(C23CC4CC(CC(C(=O)NCC(O)CN)(C4)C2)C3)cc1. The summed E-state index contributed by atoms with van der Waals surface area (Å²) in [6, 6.07) is 8.98. The Morgan fingerprint density at radius 3 is 2.48 bits per heavy atom. The Labute approximate surface area is 150 Å². The third kappa shape index (κ3) is 2.89. The highest BCUT2D eigenvalue weighted by atomic mass is 16.3. The fourth-order valence-electron chi connectivity index (χ4n) is 6.25. The number of nitrogens with one attached hydrogen (secondary N) is 1. The maximum absolute atomic E-state index is 13.1. The minimum absolute atomic E-state index is 0.144. The molecule has 4 saturated carbocycles. The lowest BCUT2D eigenvalue weighted by Gasteiger charge is -2.61. The first-order chi connectivity index (χ1) is 11.9. The molecule has 1 aromatic carbocycles. The summed E-state index contributed by atoms with van der Waals surface area (Å²) in [5, 5.41) is 12.7. The number of aliphatic hydroxyl groups excluding tert-OH is 1. The normalized spacial score (nSPS) is 37.1. The molecule has 25 heavy (non-hydrogen) atoms. The predicted octanol–water partition coefficient (Wildman–Crippen LogP) is 2.27. The molecular formula is C21H30N2O2. The second kappa shape index (κ2) is 6.10. The highest BCUT2D eigenvalue weighted by Gasteiger charge is 2.60. The van der Waals surface area contributed by atoms with Gasteiger partial charge in [0, 0.05) is 13.1 Å². The molecule has 4 N–H and O–H groups in total. The number of aliphatic hydroxyl groups is 1. The number of hydrogen-bond acceptors (Lipinski definition) is 3. The van der Waals surface area contributed by atoms with E-state index in [0.29, 0.717) is 11.8 Å². The number of hydrogen-bond donors (Lipinski definition) is 3. The van der Waals surface area contributed by atoms with Crippen LogP contribution in [0.25, 0.3) is 0 Å². The number of rotatable bonds is 5. The van der Waals surface area contributed by atoms with Crippen molar-refractivity contribution in [1.82, 2.24) is 5.32 Å². The summed E-state index contributed by atoms with van der Waals surface area (Å²) in [5.41, 5.74) is 8.11. The van der Waals surface area contributed by atoms with E-state index >= 15 is 0 Å². The maximum Gasteiger partial charge on any atom is 0.226 e. The van der Waals surface area contributed by atoms with Gasteiger partial charge in [0.1, 0.15) is 0 Å². The third-order valence-electron chi connectivity index (χ3n) is 6.98. The molecule has 3 unspecified atom stereocenters. The van der Waals surface area contributed by atoms with Gasteiger partial charge in [0.2, 0.25) is 5.91 Å². The quantitative estimate of drug-likeness (QED) is 0.768. The number of carbonyl (C=O) groups excluding carboxylic acids is 1. The van der Waals surface area contributed by atoms with Gasteiger partial charge in [-0.3, -0.25) is 4.79 Å². The van der Waals surface area contributed by atoms with Crippen molar-refractivity contribution in [3.05, 3.63) is 35.4 Å². The largest absolute Gasteiger partial charge is 0.390 e. The van der Waals surface area contributed by atoms with Crippen molar-refractivity contribution in [2.45, 2.75) is 57.0 Å². The van der Waals surface area contributed by atoms with E-state index in [4.69, 9.17) is 5.73 Å². The van der Waals surface area contributed by atoms with Crippen molar-refractivity contribution < 1.29 is 9.90 Å². The Morgan fingerprint density at radius 2 is 1.88 bits per heavy atom. The van der Waals surface area contributed by atoms with Gasteiger partial charge in [-0.05, 0) is 68.3 Å². The molecule has 1 amide bonds. The van der Waals surface area contributed by atoms with Crippen molar-refractivity contribution in [1.29, 1.82) is 0 Å². The molecule has 0 aromatic heterocycles. The van der Waals surface area contributed by atoms with Gasteiger partial charge in [-0.15, -0.1) is 0 Å². The molecule has 1 aromatic rings.